The number of fused-ring (bicyclic) bond motifs is 5. The topological polar surface area (TPSA) is 52.9 Å². The standard InChI is InChI=1S/C17H13NO2.C9H7NO.Al/c19-15-8-4-2-6-13(15)11-18-17-14-7-3-1-5-12(14)9-10-16(17)20;11-8-5-1-3-7-4-2-6-10-9(7)8;/h1-11,19-20H;1-6,11H;/q;;+3/p-3. The number of pyridine rings is 1. The van der Waals surface area contributed by atoms with Crippen LogP contribution in [0, 0.1) is 0 Å². The second-order valence-electron chi connectivity index (χ2n) is 7.40. The zero-order valence-electron chi connectivity index (χ0n) is 17.0. The van der Waals surface area contributed by atoms with E-state index in [1.807, 2.05) is 91.1 Å². The second-order valence-corrected chi connectivity index (χ2v) is 8.69. The fourth-order valence-corrected chi connectivity index (χ4v) is 5.21. The molecule has 4 aromatic carbocycles. The highest BCUT2D eigenvalue weighted by atomic mass is 27.3. The van der Waals surface area contributed by atoms with Gasteiger partial charge < -0.3 is 11.4 Å². The minimum atomic E-state index is -2.74. The van der Waals surface area contributed by atoms with E-state index in [4.69, 9.17) is 16.4 Å². The minimum absolute atomic E-state index is 0.637. The molecule has 0 saturated carbocycles. The molecule has 0 fully saturated rings. The highest BCUT2D eigenvalue weighted by molar-refractivity contribution is 6.40. The van der Waals surface area contributed by atoms with Crippen molar-refractivity contribution in [3.8, 4) is 17.2 Å². The average Bonchev–Trinajstić information content (AvgIpc) is 2.91. The van der Waals surface area contributed by atoms with Crippen LogP contribution in [-0.2, 0) is 0 Å². The van der Waals surface area contributed by atoms with E-state index in [2.05, 4.69) is 11.1 Å². The Hall–Kier alpha value is -3.85. The first-order valence-corrected chi connectivity index (χ1v) is 11.8. The van der Waals surface area contributed by atoms with Gasteiger partial charge in [0.15, 0.2) is 0 Å². The van der Waals surface area contributed by atoms with E-state index >= 15 is 0 Å². The van der Waals surface area contributed by atoms with Gasteiger partial charge in [0.1, 0.15) is 22.7 Å². The van der Waals surface area contributed by atoms with E-state index in [-0.39, 0.29) is 0 Å². The Morgan fingerprint density at radius 1 is 0.688 bits per heavy atom. The Labute approximate surface area is 189 Å². The van der Waals surface area contributed by atoms with Crippen LogP contribution in [0.2, 0.25) is 0 Å². The van der Waals surface area contributed by atoms with Crippen molar-refractivity contribution in [2.24, 2.45) is 4.99 Å². The number of aliphatic imine (C=N–C) groups is 1. The number of hydrogen-bond acceptors (Lipinski definition) is 5. The molecule has 0 spiro atoms. The molecule has 5 nitrogen and oxygen atoms in total. The van der Waals surface area contributed by atoms with Gasteiger partial charge in [-0.1, -0.05) is 60.7 Å². The van der Waals surface area contributed by atoms with Crippen molar-refractivity contribution in [3.05, 3.63) is 103 Å². The fraction of sp³-hybridized carbons (Fsp3) is 0. The van der Waals surface area contributed by atoms with Gasteiger partial charge in [-0.15, -0.1) is 0 Å². The normalized spacial score (nSPS) is 12.7. The summed E-state index contributed by atoms with van der Waals surface area (Å²) < 4.78 is 19.1. The zero-order valence-corrected chi connectivity index (χ0v) is 18.2. The predicted molar refractivity (Wildman–Crippen MR) is 127 cm³/mol. The van der Waals surface area contributed by atoms with Crippen LogP contribution in [0.25, 0.3) is 21.7 Å². The van der Waals surface area contributed by atoms with Crippen LogP contribution in [0.3, 0.4) is 0 Å². The summed E-state index contributed by atoms with van der Waals surface area (Å²) in [4.78, 5) is 9.29. The summed E-state index contributed by atoms with van der Waals surface area (Å²) in [5.74, 6) is 1.95. The van der Waals surface area contributed by atoms with E-state index in [9.17, 15) is 0 Å². The smallest absolute Gasteiger partial charge is 0.577 e. The second kappa shape index (κ2) is 8.01. The first kappa shape index (κ1) is 18.9. The number of benzene rings is 4. The van der Waals surface area contributed by atoms with E-state index in [0.29, 0.717) is 17.2 Å². The van der Waals surface area contributed by atoms with Gasteiger partial charge in [0, 0.05) is 28.7 Å². The molecule has 5 aromatic rings. The lowest BCUT2D eigenvalue weighted by atomic mass is 10.1. The lowest BCUT2D eigenvalue weighted by Crippen LogP contribution is -2.37. The number of hydrogen-bond donors (Lipinski definition) is 0. The van der Waals surface area contributed by atoms with Crippen molar-refractivity contribution >= 4 is 48.7 Å². The van der Waals surface area contributed by atoms with Gasteiger partial charge >= 0.3 is 15.1 Å². The summed E-state index contributed by atoms with van der Waals surface area (Å²) >= 11 is -2.74. The minimum Gasteiger partial charge on any atom is -0.577 e. The average molecular weight is 432 g/mol. The van der Waals surface area contributed by atoms with E-state index in [1.165, 1.54) is 0 Å². The molecule has 6 heteroatoms. The SMILES string of the molecule is C1=Nc2c(ccc3ccccc23)[O][Al]([O]c2cccc3cccnc23)[O]c2ccccc21. The van der Waals surface area contributed by atoms with Crippen molar-refractivity contribution in [2.75, 3.05) is 0 Å². The molecule has 0 amide bonds. The van der Waals surface area contributed by atoms with Crippen molar-refractivity contribution < 1.29 is 11.4 Å². The summed E-state index contributed by atoms with van der Waals surface area (Å²) in [6.07, 6.45) is 3.58. The molecule has 0 bridgehead atoms. The molecule has 152 valence electrons. The Morgan fingerprint density at radius 3 is 2.50 bits per heavy atom. The maximum atomic E-state index is 6.39. The Balaban J connectivity index is 1.49. The van der Waals surface area contributed by atoms with Gasteiger partial charge in [-0.25, -0.2) is 0 Å². The van der Waals surface area contributed by atoms with Crippen LogP contribution in [0.5, 0.6) is 17.2 Å². The van der Waals surface area contributed by atoms with Crippen LogP contribution < -0.4 is 11.4 Å². The van der Waals surface area contributed by atoms with Gasteiger partial charge in [-0.05, 0) is 35.7 Å². The zero-order chi connectivity index (χ0) is 21.3. The lowest BCUT2D eigenvalue weighted by molar-refractivity contribution is 0.309. The fourth-order valence-electron chi connectivity index (χ4n) is 3.85. The largest absolute Gasteiger partial charge is 1.20 e. The summed E-state index contributed by atoms with van der Waals surface area (Å²) in [7, 11) is 0. The van der Waals surface area contributed by atoms with Crippen LogP contribution in [0.4, 0.5) is 5.69 Å². The Kier molecular flexibility index (Phi) is 4.73. The van der Waals surface area contributed by atoms with Crippen LogP contribution in [-0.4, -0.2) is 26.3 Å². The molecule has 1 aromatic heterocycles. The molecular formula is C26H17AlN2O3. The molecule has 1 aliphatic rings. The van der Waals surface area contributed by atoms with E-state index in [0.717, 1.165) is 32.9 Å². The molecule has 32 heavy (non-hydrogen) atoms. The van der Waals surface area contributed by atoms with Crippen molar-refractivity contribution in [1.29, 1.82) is 0 Å². The van der Waals surface area contributed by atoms with Crippen LogP contribution >= 0.6 is 0 Å². The Morgan fingerprint density at radius 2 is 1.50 bits per heavy atom. The summed E-state index contributed by atoms with van der Waals surface area (Å²) in [5, 5.41) is 3.11. The monoisotopic (exact) mass is 432 g/mol. The lowest BCUT2D eigenvalue weighted by Gasteiger charge is -2.18. The van der Waals surface area contributed by atoms with Gasteiger partial charge in [-0.3, -0.25) is 9.98 Å². The van der Waals surface area contributed by atoms with Gasteiger partial charge in [-0.2, -0.15) is 0 Å². The molecule has 0 unspecified atom stereocenters. The molecule has 0 radical (unpaired) electrons. The molecule has 2 heterocycles. The maximum Gasteiger partial charge on any atom is 1.20 e. The van der Waals surface area contributed by atoms with Crippen molar-refractivity contribution in [1.82, 2.24) is 4.98 Å². The third-order valence-corrected chi connectivity index (χ3v) is 6.72. The molecular weight excluding hydrogens is 415 g/mol. The summed E-state index contributed by atoms with van der Waals surface area (Å²) in [5.41, 5.74) is 2.41. The molecule has 6 rings (SSSR count). The van der Waals surface area contributed by atoms with Crippen LogP contribution in [0.1, 0.15) is 5.56 Å². The van der Waals surface area contributed by atoms with Crippen LogP contribution in [0.15, 0.2) is 102 Å². The molecule has 1 aliphatic heterocycles. The van der Waals surface area contributed by atoms with Crippen molar-refractivity contribution in [3.63, 3.8) is 0 Å². The summed E-state index contributed by atoms with van der Waals surface area (Å²) in [6, 6.07) is 29.6. The molecule has 0 atom stereocenters. The van der Waals surface area contributed by atoms with Gasteiger partial charge in [0.05, 0.1) is 5.75 Å². The number of rotatable bonds is 2. The maximum absolute atomic E-state index is 6.39. The quantitative estimate of drug-likeness (QED) is 0.322. The van der Waals surface area contributed by atoms with E-state index < -0.39 is 15.1 Å². The Bertz CT molecular complexity index is 1480. The first-order valence-electron chi connectivity index (χ1n) is 10.3. The number of para-hydroxylation sites is 2. The van der Waals surface area contributed by atoms with E-state index in [1.54, 1.807) is 6.20 Å². The highest BCUT2D eigenvalue weighted by Gasteiger charge is 2.46. The van der Waals surface area contributed by atoms with Gasteiger partial charge in [0.25, 0.3) is 0 Å². The third-order valence-electron chi connectivity index (χ3n) is 5.38. The molecule has 0 aliphatic carbocycles. The summed E-state index contributed by atoms with van der Waals surface area (Å²) in [6.45, 7) is 0. The molecule has 0 N–H and O–H groups in total. The number of aromatic nitrogens is 1. The van der Waals surface area contributed by atoms with Gasteiger partial charge in [0.2, 0.25) is 0 Å². The molecule has 0 saturated heterocycles. The predicted octanol–water partition coefficient (Wildman–Crippen LogP) is 5.97. The number of nitrogens with zero attached hydrogens (tertiary/aromatic N) is 2. The van der Waals surface area contributed by atoms with Crippen molar-refractivity contribution in [2.45, 2.75) is 0 Å². The highest BCUT2D eigenvalue weighted by Crippen LogP contribution is 2.38. The first-order chi connectivity index (χ1) is 15.8. The third kappa shape index (κ3) is 3.46.